The zero-order chi connectivity index (χ0) is 25.6. The Bertz CT molecular complexity index is 1600. The Morgan fingerprint density at radius 2 is 1.92 bits per heavy atom. The maximum Gasteiger partial charge on any atom is 0.433 e. The second kappa shape index (κ2) is 9.51. The van der Waals surface area contributed by atoms with Gasteiger partial charge in [0.25, 0.3) is 5.91 Å². The lowest BCUT2D eigenvalue weighted by Gasteiger charge is -2.10. The molecule has 0 aliphatic carbocycles. The number of fused-ring (bicyclic) bond motifs is 1. The van der Waals surface area contributed by atoms with Crippen LogP contribution in [0.3, 0.4) is 0 Å². The van der Waals surface area contributed by atoms with Gasteiger partial charge in [-0.05, 0) is 45.1 Å². The highest BCUT2D eigenvalue weighted by Gasteiger charge is 2.37. The van der Waals surface area contributed by atoms with E-state index in [4.69, 9.17) is 23.2 Å². The molecule has 5 rings (SSSR count). The summed E-state index contributed by atoms with van der Waals surface area (Å²) in [6.07, 6.45) is -3.14. The fourth-order valence-corrected chi connectivity index (χ4v) is 4.96. The molecule has 1 aromatic carbocycles. The van der Waals surface area contributed by atoms with E-state index < -0.39 is 23.5 Å². The van der Waals surface area contributed by atoms with Gasteiger partial charge in [-0.1, -0.05) is 47.5 Å². The summed E-state index contributed by atoms with van der Waals surface area (Å²) >= 11 is 17.1. The van der Waals surface area contributed by atoms with Crippen LogP contribution in [0.2, 0.25) is 10.0 Å². The van der Waals surface area contributed by atoms with Crippen molar-refractivity contribution in [2.45, 2.75) is 12.7 Å². The number of carbonyl (C=O) groups is 1. The Morgan fingerprint density at radius 3 is 2.61 bits per heavy atom. The number of benzene rings is 1. The molecule has 0 radical (unpaired) electrons. The molecule has 36 heavy (non-hydrogen) atoms. The van der Waals surface area contributed by atoms with E-state index in [-0.39, 0.29) is 22.2 Å². The number of alkyl halides is 3. The van der Waals surface area contributed by atoms with Crippen LogP contribution < -0.4 is 5.32 Å². The fourth-order valence-electron chi connectivity index (χ4n) is 3.42. The van der Waals surface area contributed by atoms with Gasteiger partial charge in [-0.15, -0.1) is 11.3 Å². The molecule has 0 saturated carbocycles. The highest BCUT2D eigenvalue weighted by atomic mass is 79.9. The van der Waals surface area contributed by atoms with Crippen LogP contribution in [0, 0.1) is 0 Å². The number of anilines is 1. The minimum atomic E-state index is -4.77. The van der Waals surface area contributed by atoms with Gasteiger partial charge in [-0.2, -0.15) is 23.4 Å². The van der Waals surface area contributed by atoms with Crippen molar-refractivity contribution in [1.82, 2.24) is 24.4 Å². The van der Waals surface area contributed by atoms with Gasteiger partial charge in [0.15, 0.2) is 22.9 Å². The first-order chi connectivity index (χ1) is 17.1. The van der Waals surface area contributed by atoms with E-state index >= 15 is 0 Å². The van der Waals surface area contributed by atoms with E-state index in [0.29, 0.717) is 25.4 Å². The Hall–Kier alpha value is -2.93. The topological polar surface area (TPSA) is 77.1 Å². The lowest BCUT2D eigenvalue weighted by atomic mass is 10.2. The molecule has 0 atom stereocenters. The maximum atomic E-state index is 13.8. The van der Waals surface area contributed by atoms with Crippen molar-refractivity contribution >= 4 is 67.8 Å². The maximum absolute atomic E-state index is 13.8. The zero-order valence-corrected chi connectivity index (χ0v) is 21.6. The average Bonchev–Trinajstić information content (AvgIpc) is 3.55. The number of nitrogens with zero attached hydrogens (tertiary/aromatic N) is 5. The molecule has 0 unspecified atom stereocenters. The Kier molecular flexibility index (Phi) is 6.54. The van der Waals surface area contributed by atoms with Crippen LogP contribution in [0.25, 0.3) is 16.2 Å². The van der Waals surface area contributed by atoms with E-state index in [0.717, 1.165) is 11.6 Å². The minimum Gasteiger partial charge on any atom is -0.303 e. The molecule has 0 spiro atoms. The van der Waals surface area contributed by atoms with Gasteiger partial charge in [0.05, 0.1) is 21.6 Å². The SMILES string of the molecule is O=C(Nc1nn(Cc2ccccc2Cl)cc1Br)c1nn2c(C(F)(F)F)cc(-c3cccs3)nc2c1Cl. The number of hydrogen-bond acceptors (Lipinski definition) is 5. The lowest BCUT2D eigenvalue weighted by molar-refractivity contribution is -0.142. The molecule has 0 bridgehead atoms. The van der Waals surface area contributed by atoms with E-state index in [1.807, 2.05) is 12.1 Å². The number of hydrogen-bond donors (Lipinski definition) is 1. The monoisotopic (exact) mass is 614 g/mol. The van der Waals surface area contributed by atoms with Gasteiger partial charge < -0.3 is 5.32 Å². The molecule has 14 heteroatoms. The number of halogens is 6. The Balaban J connectivity index is 1.49. The quantitative estimate of drug-likeness (QED) is 0.230. The summed E-state index contributed by atoms with van der Waals surface area (Å²) in [5.41, 5.74) is -0.946. The molecule has 0 fully saturated rings. The summed E-state index contributed by atoms with van der Waals surface area (Å²) in [5, 5.41) is 12.6. The van der Waals surface area contributed by atoms with Gasteiger partial charge in [-0.3, -0.25) is 9.48 Å². The van der Waals surface area contributed by atoms with Crippen LogP contribution in [0.15, 0.2) is 58.5 Å². The molecule has 0 aliphatic heterocycles. The van der Waals surface area contributed by atoms with Crippen LogP contribution in [0.1, 0.15) is 21.7 Å². The van der Waals surface area contributed by atoms with E-state index in [1.54, 1.807) is 40.5 Å². The first-order valence-corrected chi connectivity index (χ1v) is 12.5. The van der Waals surface area contributed by atoms with Crippen molar-refractivity contribution in [3.8, 4) is 10.6 Å². The van der Waals surface area contributed by atoms with Crippen molar-refractivity contribution in [3.63, 3.8) is 0 Å². The number of nitrogens with one attached hydrogen (secondary N) is 1. The molecule has 4 aromatic heterocycles. The van der Waals surface area contributed by atoms with Gasteiger partial charge >= 0.3 is 6.18 Å². The van der Waals surface area contributed by atoms with Crippen molar-refractivity contribution in [3.05, 3.63) is 85.5 Å². The number of rotatable bonds is 5. The average molecular weight is 616 g/mol. The second-order valence-corrected chi connectivity index (χ2v) is 10.1. The standard InChI is InChI=1S/C22H12BrCl2F3N6OS/c23-12-10-33(9-11-4-1-2-5-13(11)24)32-19(12)30-21(35)18-17(25)20-29-14(15-6-3-7-36-15)8-16(22(26,27)28)34(20)31-18/h1-8,10H,9H2,(H,30,32,35). The van der Waals surface area contributed by atoms with Crippen LogP contribution in [-0.2, 0) is 12.7 Å². The summed E-state index contributed by atoms with van der Waals surface area (Å²) < 4.78 is 44.0. The smallest absolute Gasteiger partial charge is 0.303 e. The van der Waals surface area contributed by atoms with Crippen molar-refractivity contribution < 1.29 is 18.0 Å². The first-order valence-electron chi connectivity index (χ1n) is 10.1. The van der Waals surface area contributed by atoms with Gasteiger partial charge in [0.2, 0.25) is 0 Å². The predicted octanol–water partition coefficient (Wildman–Crippen LogP) is 7.04. The number of aromatic nitrogens is 5. The van der Waals surface area contributed by atoms with E-state index in [1.165, 1.54) is 11.3 Å². The molecule has 0 saturated heterocycles. The van der Waals surface area contributed by atoms with Gasteiger partial charge in [0, 0.05) is 11.2 Å². The highest BCUT2D eigenvalue weighted by molar-refractivity contribution is 9.10. The van der Waals surface area contributed by atoms with Crippen LogP contribution >= 0.6 is 50.5 Å². The summed E-state index contributed by atoms with van der Waals surface area (Å²) in [6.45, 7) is 0.327. The molecule has 1 amide bonds. The molecule has 1 N–H and O–H groups in total. The number of carbonyl (C=O) groups excluding carboxylic acids is 1. The lowest BCUT2D eigenvalue weighted by Crippen LogP contribution is -2.16. The van der Waals surface area contributed by atoms with E-state index in [2.05, 4.69) is 36.4 Å². The molecule has 7 nitrogen and oxygen atoms in total. The number of amides is 1. The summed E-state index contributed by atoms with van der Waals surface area (Å²) in [5.74, 6) is -0.719. The fraction of sp³-hybridized carbons (Fsp3) is 0.0909. The van der Waals surface area contributed by atoms with Crippen molar-refractivity contribution in [2.75, 3.05) is 5.32 Å². The van der Waals surface area contributed by atoms with Crippen LogP contribution in [0.5, 0.6) is 0 Å². The largest absolute Gasteiger partial charge is 0.433 e. The third-order valence-electron chi connectivity index (χ3n) is 5.05. The Morgan fingerprint density at radius 1 is 1.14 bits per heavy atom. The van der Waals surface area contributed by atoms with E-state index in [9.17, 15) is 18.0 Å². The predicted molar refractivity (Wildman–Crippen MR) is 135 cm³/mol. The molecule has 5 aromatic rings. The third kappa shape index (κ3) is 4.73. The first kappa shape index (κ1) is 24.8. The van der Waals surface area contributed by atoms with Gasteiger partial charge in [0.1, 0.15) is 5.02 Å². The normalized spacial score (nSPS) is 11.8. The highest BCUT2D eigenvalue weighted by Crippen LogP contribution is 2.35. The molecular weight excluding hydrogens is 604 g/mol. The summed E-state index contributed by atoms with van der Waals surface area (Å²) in [6, 6.07) is 11.4. The molecule has 4 heterocycles. The molecule has 184 valence electrons. The molecular formula is C22H12BrCl2F3N6OS. The summed E-state index contributed by atoms with van der Waals surface area (Å²) in [4.78, 5) is 17.7. The zero-order valence-electron chi connectivity index (χ0n) is 17.7. The Labute approximate surface area is 223 Å². The molecule has 0 aliphatic rings. The van der Waals surface area contributed by atoms with Crippen LogP contribution in [-0.4, -0.2) is 30.3 Å². The van der Waals surface area contributed by atoms with Gasteiger partial charge in [-0.25, -0.2) is 9.50 Å². The van der Waals surface area contributed by atoms with Crippen molar-refractivity contribution in [2.24, 2.45) is 0 Å². The summed E-state index contributed by atoms with van der Waals surface area (Å²) in [7, 11) is 0. The van der Waals surface area contributed by atoms with Crippen molar-refractivity contribution in [1.29, 1.82) is 0 Å². The number of thiophene rings is 1. The van der Waals surface area contributed by atoms with Crippen LogP contribution in [0.4, 0.5) is 19.0 Å². The second-order valence-electron chi connectivity index (χ2n) is 7.47. The minimum absolute atomic E-state index is 0.0691. The third-order valence-corrected chi connectivity index (χ3v) is 7.24.